The second kappa shape index (κ2) is 3.84. The summed E-state index contributed by atoms with van der Waals surface area (Å²) in [4.78, 5) is 26.0. The Kier molecular flexibility index (Phi) is 2.52. The van der Waals surface area contributed by atoms with Crippen LogP contribution in [0.4, 0.5) is 16.2 Å². The number of anilines is 2. The van der Waals surface area contributed by atoms with Crippen molar-refractivity contribution in [1.82, 2.24) is 5.32 Å². The molecule has 84 valence electrons. The van der Waals surface area contributed by atoms with Gasteiger partial charge in [-0.2, -0.15) is 0 Å². The zero-order valence-corrected chi connectivity index (χ0v) is 9.23. The number of amides is 3. The molecule has 0 saturated carbocycles. The highest BCUT2D eigenvalue weighted by atomic mass is 16.2. The lowest BCUT2D eigenvalue weighted by Crippen LogP contribution is -2.29. The maximum Gasteiger partial charge on any atom is 0.329 e. The molecule has 0 unspecified atom stereocenters. The van der Waals surface area contributed by atoms with Crippen molar-refractivity contribution in [2.45, 2.75) is 0 Å². The van der Waals surface area contributed by atoms with E-state index < -0.39 is 0 Å². The summed E-state index contributed by atoms with van der Waals surface area (Å²) < 4.78 is 0. The van der Waals surface area contributed by atoms with Crippen molar-refractivity contribution in [1.29, 1.82) is 0 Å². The fraction of sp³-hybridized carbons (Fsp3) is 0.273. The normalized spacial score (nSPS) is 15.2. The van der Waals surface area contributed by atoms with Gasteiger partial charge in [0.25, 0.3) is 0 Å². The fourth-order valence-corrected chi connectivity index (χ4v) is 1.71. The molecule has 16 heavy (non-hydrogen) atoms. The van der Waals surface area contributed by atoms with Gasteiger partial charge in [-0.15, -0.1) is 0 Å². The van der Waals surface area contributed by atoms with E-state index in [-0.39, 0.29) is 18.5 Å². The summed E-state index contributed by atoms with van der Waals surface area (Å²) in [7, 11) is 3.79. The molecule has 1 aromatic carbocycles. The first kappa shape index (κ1) is 10.5. The lowest BCUT2D eigenvalue weighted by Gasteiger charge is -2.22. The minimum atomic E-state index is -0.362. The molecule has 0 aromatic heterocycles. The Morgan fingerprint density at radius 2 is 1.94 bits per heavy atom. The van der Waals surface area contributed by atoms with E-state index in [0.717, 1.165) is 11.4 Å². The Hall–Kier alpha value is -2.04. The van der Waals surface area contributed by atoms with Gasteiger partial charge < -0.3 is 4.90 Å². The van der Waals surface area contributed by atoms with E-state index in [9.17, 15) is 9.59 Å². The van der Waals surface area contributed by atoms with Crippen LogP contribution in [0.5, 0.6) is 0 Å². The average molecular weight is 219 g/mol. The predicted molar refractivity (Wildman–Crippen MR) is 61.7 cm³/mol. The van der Waals surface area contributed by atoms with E-state index in [1.54, 1.807) is 0 Å². The van der Waals surface area contributed by atoms with Gasteiger partial charge >= 0.3 is 6.03 Å². The van der Waals surface area contributed by atoms with Crippen molar-refractivity contribution in [2.24, 2.45) is 0 Å². The summed E-state index contributed by atoms with van der Waals surface area (Å²) in [5.41, 5.74) is 1.66. The number of nitrogens with one attached hydrogen (secondary N) is 1. The van der Waals surface area contributed by atoms with E-state index in [0.29, 0.717) is 0 Å². The Morgan fingerprint density at radius 1 is 1.25 bits per heavy atom. The van der Waals surface area contributed by atoms with Crippen LogP contribution in [0.1, 0.15) is 0 Å². The SMILES string of the molecule is CN(C)c1ccccc1N1CC(=O)NC1=O. The van der Waals surface area contributed by atoms with Gasteiger partial charge in [0, 0.05) is 14.1 Å². The Balaban J connectivity index is 2.40. The number of carbonyl (C=O) groups is 2. The molecule has 5 heteroatoms. The second-order valence-corrected chi connectivity index (χ2v) is 3.82. The number of carbonyl (C=O) groups excluding carboxylic acids is 2. The van der Waals surface area contributed by atoms with Gasteiger partial charge in [0.15, 0.2) is 0 Å². The molecule has 5 nitrogen and oxygen atoms in total. The molecule has 1 aromatic rings. The molecule has 0 atom stereocenters. The Labute approximate surface area is 93.6 Å². The van der Waals surface area contributed by atoms with E-state index >= 15 is 0 Å². The lowest BCUT2D eigenvalue weighted by atomic mass is 10.2. The van der Waals surface area contributed by atoms with Gasteiger partial charge in [-0.25, -0.2) is 4.79 Å². The average Bonchev–Trinajstić information content (AvgIpc) is 2.57. The third kappa shape index (κ3) is 1.71. The molecule has 1 N–H and O–H groups in total. The van der Waals surface area contributed by atoms with Crippen LogP contribution < -0.4 is 15.1 Å². The number of hydrogen-bond acceptors (Lipinski definition) is 3. The molecule has 0 radical (unpaired) electrons. The number of benzene rings is 1. The standard InChI is InChI=1S/C11H13N3O2/c1-13(2)8-5-3-4-6-9(8)14-7-10(15)12-11(14)16/h3-6H,7H2,1-2H3,(H,12,15,16). The van der Waals surface area contributed by atoms with Crippen LogP contribution in [0.2, 0.25) is 0 Å². The zero-order chi connectivity index (χ0) is 11.7. The quantitative estimate of drug-likeness (QED) is 0.749. The minimum Gasteiger partial charge on any atom is -0.376 e. The smallest absolute Gasteiger partial charge is 0.329 e. The molecule has 1 fully saturated rings. The van der Waals surface area contributed by atoms with Crippen LogP contribution in [-0.4, -0.2) is 32.6 Å². The highest BCUT2D eigenvalue weighted by Gasteiger charge is 2.29. The van der Waals surface area contributed by atoms with E-state index in [4.69, 9.17) is 0 Å². The predicted octanol–water partition coefficient (Wildman–Crippen LogP) is 0.809. The number of rotatable bonds is 2. The first-order valence-corrected chi connectivity index (χ1v) is 4.97. The van der Waals surface area contributed by atoms with Crippen molar-refractivity contribution in [3.63, 3.8) is 0 Å². The molecule has 1 aliphatic rings. The first-order valence-electron chi connectivity index (χ1n) is 4.97. The first-order chi connectivity index (χ1) is 7.59. The van der Waals surface area contributed by atoms with Crippen LogP contribution in [0, 0.1) is 0 Å². The number of nitrogens with zero attached hydrogens (tertiary/aromatic N) is 2. The largest absolute Gasteiger partial charge is 0.376 e. The van der Waals surface area contributed by atoms with Gasteiger partial charge in [-0.05, 0) is 12.1 Å². The van der Waals surface area contributed by atoms with Gasteiger partial charge in [0.05, 0.1) is 11.4 Å². The van der Waals surface area contributed by atoms with E-state index in [2.05, 4.69) is 5.32 Å². The molecule has 0 aliphatic carbocycles. The summed E-state index contributed by atoms with van der Waals surface area (Å²) in [5, 5.41) is 2.26. The highest BCUT2D eigenvalue weighted by Crippen LogP contribution is 2.28. The van der Waals surface area contributed by atoms with Crippen LogP contribution in [-0.2, 0) is 4.79 Å². The molecular weight excluding hydrogens is 206 g/mol. The van der Waals surface area contributed by atoms with Crippen LogP contribution in [0.15, 0.2) is 24.3 Å². The van der Waals surface area contributed by atoms with Gasteiger partial charge in [0.2, 0.25) is 5.91 Å². The fourth-order valence-electron chi connectivity index (χ4n) is 1.71. The monoisotopic (exact) mass is 219 g/mol. The molecule has 1 aliphatic heterocycles. The molecule has 1 heterocycles. The minimum absolute atomic E-state index is 0.0870. The van der Waals surface area contributed by atoms with Crippen LogP contribution >= 0.6 is 0 Å². The Bertz CT molecular complexity index is 443. The number of hydrogen-bond donors (Lipinski definition) is 1. The number of imide groups is 1. The van der Waals surface area contributed by atoms with Crippen LogP contribution in [0.25, 0.3) is 0 Å². The van der Waals surface area contributed by atoms with Gasteiger partial charge in [-0.1, -0.05) is 12.1 Å². The van der Waals surface area contributed by atoms with E-state index in [1.807, 2.05) is 43.3 Å². The zero-order valence-electron chi connectivity index (χ0n) is 9.23. The molecule has 1 saturated heterocycles. The van der Waals surface area contributed by atoms with Gasteiger partial charge in [0.1, 0.15) is 6.54 Å². The summed E-state index contributed by atoms with van der Waals surface area (Å²) >= 11 is 0. The molecule has 3 amide bonds. The third-order valence-electron chi connectivity index (χ3n) is 2.45. The maximum absolute atomic E-state index is 11.5. The van der Waals surface area contributed by atoms with Crippen molar-refractivity contribution >= 4 is 23.3 Å². The van der Waals surface area contributed by atoms with Crippen molar-refractivity contribution in [3.8, 4) is 0 Å². The van der Waals surface area contributed by atoms with Crippen molar-refractivity contribution in [3.05, 3.63) is 24.3 Å². The molecule has 0 bridgehead atoms. The summed E-state index contributed by atoms with van der Waals surface area (Å²) in [6.07, 6.45) is 0. The van der Waals surface area contributed by atoms with Crippen molar-refractivity contribution < 1.29 is 9.59 Å². The third-order valence-corrected chi connectivity index (χ3v) is 2.45. The van der Waals surface area contributed by atoms with Crippen molar-refractivity contribution in [2.75, 3.05) is 30.4 Å². The van der Waals surface area contributed by atoms with Gasteiger partial charge in [-0.3, -0.25) is 15.0 Å². The summed E-state index contributed by atoms with van der Waals surface area (Å²) in [6.45, 7) is 0.0870. The van der Waals surface area contributed by atoms with E-state index in [1.165, 1.54) is 4.90 Å². The highest BCUT2D eigenvalue weighted by molar-refractivity contribution is 6.13. The Morgan fingerprint density at radius 3 is 2.50 bits per heavy atom. The topological polar surface area (TPSA) is 52.6 Å². The summed E-state index contributed by atoms with van der Waals surface area (Å²) in [5.74, 6) is -0.265. The molecule has 0 spiro atoms. The molecule has 2 rings (SSSR count). The summed E-state index contributed by atoms with van der Waals surface area (Å²) in [6, 6.07) is 7.12. The maximum atomic E-state index is 11.5. The number of urea groups is 1. The molecular formula is C11H13N3O2. The lowest BCUT2D eigenvalue weighted by molar-refractivity contribution is -0.117. The van der Waals surface area contributed by atoms with Crippen LogP contribution in [0.3, 0.4) is 0 Å². The number of para-hydroxylation sites is 2. The second-order valence-electron chi connectivity index (χ2n) is 3.82.